The van der Waals surface area contributed by atoms with Crippen molar-refractivity contribution in [3.63, 3.8) is 0 Å². The standard InChI is InChI=1S/C14H11BN2O2S/c1-19-14(18)12-7-20-13(17-12)11-4-2-8-6-9(15)3-5-10(8)16-11/h2-6,12H,7H2,1H3. The first-order chi connectivity index (χ1) is 9.67. The van der Waals surface area contributed by atoms with Gasteiger partial charge in [-0.25, -0.2) is 9.78 Å². The van der Waals surface area contributed by atoms with Crippen molar-refractivity contribution in [1.29, 1.82) is 0 Å². The Labute approximate surface area is 122 Å². The van der Waals surface area contributed by atoms with Crippen LogP contribution in [0.3, 0.4) is 0 Å². The third-order valence-electron chi connectivity index (χ3n) is 3.06. The SMILES string of the molecule is [B]c1ccc2nc(C3=NC(C(=O)OC)CS3)ccc2c1. The zero-order valence-corrected chi connectivity index (χ0v) is 11.7. The molecule has 2 aromatic rings. The van der Waals surface area contributed by atoms with Crippen molar-refractivity contribution in [1.82, 2.24) is 4.98 Å². The first-order valence-corrected chi connectivity index (χ1v) is 7.11. The fourth-order valence-corrected chi connectivity index (χ4v) is 3.02. The summed E-state index contributed by atoms with van der Waals surface area (Å²) in [5, 5.41) is 1.76. The summed E-state index contributed by atoms with van der Waals surface area (Å²) < 4.78 is 4.71. The topological polar surface area (TPSA) is 51.5 Å². The van der Waals surface area contributed by atoms with Gasteiger partial charge in [0.15, 0.2) is 6.04 Å². The van der Waals surface area contributed by atoms with E-state index in [1.807, 2.05) is 30.3 Å². The van der Waals surface area contributed by atoms with E-state index >= 15 is 0 Å². The number of esters is 1. The van der Waals surface area contributed by atoms with Gasteiger partial charge in [-0.3, -0.25) is 4.99 Å². The van der Waals surface area contributed by atoms with Gasteiger partial charge in [0.25, 0.3) is 0 Å². The molecule has 0 spiro atoms. The van der Waals surface area contributed by atoms with Gasteiger partial charge in [-0.1, -0.05) is 23.7 Å². The summed E-state index contributed by atoms with van der Waals surface area (Å²) in [4.78, 5) is 20.4. The van der Waals surface area contributed by atoms with E-state index < -0.39 is 6.04 Å². The number of ether oxygens (including phenoxy) is 1. The highest BCUT2D eigenvalue weighted by atomic mass is 32.2. The van der Waals surface area contributed by atoms with Crippen LogP contribution < -0.4 is 5.46 Å². The Kier molecular flexibility index (Phi) is 3.48. The predicted molar refractivity (Wildman–Crippen MR) is 81.9 cm³/mol. The highest BCUT2D eigenvalue weighted by molar-refractivity contribution is 8.14. The van der Waals surface area contributed by atoms with E-state index in [4.69, 9.17) is 12.6 Å². The van der Waals surface area contributed by atoms with Gasteiger partial charge in [0.05, 0.1) is 18.3 Å². The summed E-state index contributed by atoms with van der Waals surface area (Å²) in [5.41, 5.74) is 2.35. The molecule has 0 saturated heterocycles. The molecule has 4 nitrogen and oxygen atoms in total. The molecular formula is C14H11BN2O2S. The zero-order valence-electron chi connectivity index (χ0n) is 10.9. The largest absolute Gasteiger partial charge is 0.467 e. The minimum absolute atomic E-state index is 0.305. The van der Waals surface area contributed by atoms with Gasteiger partial charge in [-0.2, -0.15) is 0 Å². The van der Waals surface area contributed by atoms with Crippen molar-refractivity contribution in [2.24, 2.45) is 4.99 Å². The van der Waals surface area contributed by atoms with Crippen molar-refractivity contribution in [3.05, 3.63) is 36.0 Å². The average molecular weight is 282 g/mol. The Hall–Kier alpha value is -1.82. The highest BCUT2D eigenvalue weighted by Crippen LogP contribution is 2.24. The van der Waals surface area contributed by atoms with Crippen LogP contribution in [0.2, 0.25) is 0 Å². The second kappa shape index (κ2) is 5.29. The predicted octanol–water partition coefficient (Wildman–Crippen LogP) is 1.06. The number of nitrogens with zero attached hydrogens (tertiary/aromatic N) is 2. The van der Waals surface area contributed by atoms with Crippen LogP contribution in [0.25, 0.3) is 10.9 Å². The van der Waals surface area contributed by atoms with Crippen LogP contribution >= 0.6 is 11.8 Å². The van der Waals surface area contributed by atoms with Gasteiger partial charge < -0.3 is 4.74 Å². The Balaban J connectivity index is 1.95. The fraction of sp³-hybridized carbons (Fsp3) is 0.214. The molecule has 0 fully saturated rings. The molecular weight excluding hydrogens is 271 g/mol. The number of methoxy groups -OCH3 is 1. The summed E-state index contributed by atoms with van der Waals surface area (Å²) in [5.74, 6) is 0.296. The van der Waals surface area contributed by atoms with E-state index in [0.717, 1.165) is 21.6 Å². The Morgan fingerprint density at radius 1 is 1.40 bits per heavy atom. The van der Waals surface area contributed by atoms with Crippen LogP contribution in [0.5, 0.6) is 0 Å². The molecule has 2 radical (unpaired) electrons. The molecule has 0 bridgehead atoms. The lowest BCUT2D eigenvalue weighted by atomic mass is 9.95. The number of hydrogen-bond acceptors (Lipinski definition) is 5. The van der Waals surface area contributed by atoms with Crippen molar-refractivity contribution in [3.8, 4) is 0 Å². The molecule has 1 aromatic carbocycles. The number of thioether (sulfide) groups is 1. The summed E-state index contributed by atoms with van der Waals surface area (Å²) in [6.07, 6.45) is 0. The van der Waals surface area contributed by atoms with E-state index in [1.54, 1.807) is 0 Å². The van der Waals surface area contributed by atoms with E-state index in [-0.39, 0.29) is 5.97 Å². The third-order valence-corrected chi connectivity index (χ3v) is 4.13. The molecule has 1 unspecified atom stereocenters. The smallest absolute Gasteiger partial charge is 0.331 e. The highest BCUT2D eigenvalue weighted by Gasteiger charge is 2.26. The Bertz CT molecular complexity index is 717. The second-order valence-corrected chi connectivity index (χ2v) is 5.44. The van der Waals surface area contributed by atoms with E-state index in [9.17, 15) is 4.79 Å². The summed E-state index contributed by atoms with van der Waals surface area (Å²) in [7, 11) is 7.12. The number of hydrogen-bond donors (Lipinski definition) is 0. The van der Waals surface area contributed by atoms with E-state index in [2.05, 4.69) is 9.98 Å². The van der Waals surface area contributed by atoms with Crippen LogP contribution in [-0.2, 0) is 9.53 Å². The van der Waals surface area contributed by atoms with Gasteiger partial charge in [0, 0.05) is 5.75 Å². The van der Waals surface area contributed by atoms with Gasteiger partial charge in [0.2, 0.25) is 0 Å². The molecule has 3 rings (SSSR count). The molecule has 1 aliphatic heterocycles. The molecule has 20 heavy (non-hydrogen) atoms. The molecule has 1 atom stereocenters. The Morgan fingerprint density at radius 2 is 2.25 bits per heavy atom. The maximum absolute atomic E-state index is 11.5. The molecule has 1 aromatic heterocycles. The summed E-state index contributed by atoms with van der Waals surface area (Å²) in [6, 6.07) is 9.01. The molecule has 2 heterocycles. The maximum Gasteiger partial charge on any atom is 0.331 e. The first-order valence-electron chi connectivity index (χ1n) is 6.12. The second-order valence-electron chi connectivity index (χ2n) is 4.43. The summed E-state index contributed by atoms with van der Waals surface area (Å²) in [6.45, 7) is 0. The number of aromatic nitrogens is 1. The minimum Gasteiger partial charge on any atom is -0.467 e. The van der Waals surface area contributed by atoms with Crippen molar-refractivity contribution in [2.45, 2.75) is 6.04 Å². The van der Waals surface area contributed by atoms with Gasteiger partial charge >= 0.3 is 5.97 Å². The van der Waals surface area contributed by atoms with E-state index in [1.165, 1.54) is 18.9 Å². The van der Waals surface area contributed by atoms with Crippen LogP contribution in [-0.4, -0.2) is 42.7 Å². The van der Waals surface area contributed by atoms with Gasteiger partial charge in [-0.05, 0) is 17.5 Å². The monoisotopic (exact) mass is 282 g/mol. The normalized spacial score (nSPS) is 18.1. The average Bonchev–Trinajstić information content (AvgIpc) is 2.95. The van der Waals surface area contributed by atoms with Crippen LogP contribution in [0.1, 0.15) is 5.69 Å². The van der Waals surface area contributed by atoms with Crippen molar-refractivity contribution in [2.75, 3.05) is 12.9 Å². The molecule has 0 N–H and O–H groups in total. The lowest BCUT2D eigenvalue weighted by molar-refractivity contribution is -0.141. The molecule has 1 aliphatic rings. The third kappa shape index (κ3) is 2.43. The van der Waals surface area contributed by atoms with Crippen LogP contribution in [0, 0.1) is 0 Å². The van der Waals surface area contributed by atoms with Crippen molar-refractivity contribution >= 4 is 47.0 Å². The number of aliphatic imine (C=N–C) groups is 1. The maximum atomic E-state index is 11.5. The number of pyridine rings is 1. The molecule has 0 amide bonds. The number of benzene rings is 1. The quantitative estimate of drug-likeness (QED) is 0.610. The van der Waals surface area contributed by atoms with Gasteiger partial charge in [0.1, 0.15) is 12.9 Å². The molecule has 0 aliphatic carbocycles. The lowest BCUT2D eigenvalue weighted by Crippen LogP contribution is -2.19. The summed E-state index contributed by atoms with van der Waals surface area (Å²) >= 11 is 1.52. The van der Waals surface area contributed by atoms with Crippen LogP contribution in [0.4, 0.5) is 0 Å². The number of carbonyl (C=O) groups is 1. The molecule has 98 valence electrons. The number of carbonyl (C=O) groups excluding carboxylic acids is 1. The lowest BCUT2D eigenvalue weighted by Gasteiger charge is -2.03. The number of fused-ring (bicyclic) bond motifs is 1. The van der Waals surface area contributed by atoms with Crippen LogP contribution in [0.15, 0.2) is 35.3 Å². The van der Waals surface area contributed by atoms with Gasteiger partial charge in [-0.15, -0.1) is 11.8 Å². The number of rotatable bonds is 2. The Morgan fingerprint density at radius 3 is 3.05 bits per heavy atom. The fourth-order valence-electron chi connectivity index (χ4n) is 2.03. The van der Waals surface area contributed by atoms with E-state index in [0.29, 0.717) is 11.2 Å². The zero-order chi connectivity index (χ0) is 14.1. The first kappa shape index (κ1) is 13.2. The molecule has 0 saturated carbocycles. The van der Waals surface area contributed by atoms with Crippen molar-refractivity contribution < 1.29 is 9.53 Å². The minimum atomic E-state index is -0.427. The molecule has 6 heteroatoms.